The molecule has 4 saturated carbocycles. The van der Waals surface area contributed by atoms with Gasteiger partial charge in [-0.1, -0.05) is 153 Å². The van der Waals surface area contributed by atoms with Gasteiger partial charge in [0.2, 0.25) is 0 Å². The Hall–Kier alpha value is -5.66. The lowest BCUT2D eigenvalue weighted by Gasteiger charge is -2.57. The highest BCUT2D eigenvalue weighted by Crippen LogP contribution is 2.61. The molecule has 0 atom stereocenters. The van der Waals surface area contributed by atoms with Crippen molar-refractivity contribution in [3.63, 3.8) is 0 Å². The number of fused-ring (bicyclic) bond motifs is 3. The van der Waals surface area contributed by atoms with Crippen LogP contribution >= 0.6 is 0 Å². The number of para-hydroxylation sites is 1. The number of benzene rings is 7. The molecule has 5 aliphatic carbocycles. The fourth-order valence-corrected chi connectivity index (χ4v) is 12.0. The average Bonchev–Trinajstić information content (AvgIpc) is 3.47. The third kappa shape index (κ3) is 5.42. The van der Waals surface area contributed by atoms with Crippen LogP contribution in [0.5, 0.6) is 0 Å². The van der Waals surface area contributed by atoms with Gasteiger partial charge < -0.3 is 4.90 Å². The fraction of sp³-hybridized carbons (Fsp3) is 0.236. The number of nitrogens with zero attached hydrogens (tertiary/aromatic N) is 1. The second-order valence-corrected chi connectivity index (χ2v) is 18.0. The smallest absolute Gasteiger partial charge is 0.0540 e. The normalized spacial score (nSPS) is 22.4. The van der Waals surface area contributed by atoms with Crippen molar-refractivity contribution in [3.05, 3.63) is 187 Å². The second kappa shape index (κ2) is 13.0. The van der Waals surface area contributed by atoms with Crippen molar-refractivity contribution in [1.82, 2.24) is 0 Å². The van der Waals surface area contributed by atoms with Gasteiger partial charge in [0.25, 0.3) is 0 Å². The maximum absolute atomic E-state index is 2.52. The van der Waals surface area contributed by atoms with Crippen molar-refractivity contribution < 1.29 is 0 Å². The summed E-state index contributed by atoms with van der Waals surface area (Å²) in [6.07, 6.45) is 8.65. The Morgan fingerprint density at radius 3 is 1.62 bits per heavy atom. The zero-order chi connectivity index (χ0) is 37.4. The van der Waals surface area contributed by atoms with Crippen LogP contribution in [0.2, 0.25) is 0 Å². The average molecular weight is 724 g/mol. The first-order chi connectivity index (χ1) is 27.4. The molecule has 4 bridgehead atoms. The molecule has 5 aliphatic rings. The molecule has 12 rings (SSSR count). The standard InChI is InChI=1S/C55H49N/c1-54(2)50-19-11-9-18-47(50)48-27-26-45(33-51(48)54)56(52-20-12-10-17-46(52)41-13-5-3-6-14-41)53-28-23-43(32-49(53)42-15-7-4-8-16-42)40-21-24-44(25-22-40)55-34-37-29-38(35-55)31-39(30-37)36-55/h3-28,32-33,37-39H,29-31,34-36H2,1-2H3. The van der Waals surface area contributed by atoms with Crippen LogP contribution in [0.3, 0.4) is 0 Å². The minimum atomic E-state index is -0.110. The van der Waals surface area contributed by atoms with Gasteiger partial charge in [0.15, 0.2) is 0 Å². The van der Waals surface area contributed by atoms with Crippen molar-refractivity contribution in [2.75, 3.05) is 4.90 Å². The Bertz CT molecular complexity index is 2540. The summed E-state index contributed by atoms with van der Waals surface area (Å²) in [6.45, 7) is 4.75. The molecule has 274 valence electrons. The lowest BCUT2D eigenvalue weighted by atomic mass is 9.48. The van der Waals surface area contributed by atoms with Crippen LogP contribution in [0.25, 0.3) is 44.5 Å². The lowest BCUT2D eigenvalue weighted by molar-refractivity contribution is -0.00518. The minimum Gasteiger partial charge on any atom is -0.309 e. The molecular formula is C55H49N. The van der Waals surface area contributed by atoms with Crippen LogP contribution in [0.1, 0.15) is 69.1 Å². The predicted octanol–water partition coefficient (Wildman–Crippen LogP) is 14.9. The van der Waals surface area contributed by atoms with Crippen LogP contribution in [0.4, 0.5) is 17.1 Å². The van der Waals surface area contributed by atoms with Crippen LogP contribution in [-0.4, -0.2) is 0 Å². The van der Waals surface area contributed by atoms with Crippen molar-refractivity contribution in [1.29, 1.82) is 0 Å². The zero-order valence-electron chi connectivity index (χ0n) is 32.6. The number of rotatable bonds is 7. The van der Waals surface area contributed by atoms with E-state index in [0.717, 1.165) is 29.1 Å². The minimum absolute atomic E-state index is 0.110. The summed E-state index contributed by atoms with van der Waals surface area (Å²) in [4.78, 5) is 2.52. The quantitative estimate of drug-likeness (QED) is 0.158. The molecule has 7 aromatic carbocycles. The predicted molar refractivity (Wildman–Crippen MR) is 235 cm³/mol. The fourth-order valence-electron chi connectivity index (χ4n) is 12.0. The number of anilines is 3. The summed E-state index contributed by atoms with van der Waals surface area (Å²) in [5.74, 6) is 2.84. The molecule has 1 heteroatoms. The van der Waals surface area contributed by atoms with Crippen LogP contribution < -0.4 is 4.90 Å². The summed E-state index contributed by atoms with van der Waals surface area (Å²) in [6, 6.07) is 63.8. The topological polar surface area (TPSA) is 3.24 Å². The summed E-state index contributed by atoms with van der Waals surface area (Å²) in [7, 11) is 0. The highest BCUT2D eigenvalue weighted by atomic mass is 15.1. The third-order valence-corrected chi connectivity index (χ3v) is 14.2. The van der Waals surface area contributed by atoms with Gasteiger partial charge in [-0.3, -0.25) is 0 Å². The van der Waals surface area contributed by atoms with E-state index in [9.17, 15) is 0 Å². The van der Waals surface area contributed by atoms with E-state index in [2.05, 4.69) is 189 Å². The van der Waals surface area contributed by atoms with Crippen molar-refractivity contribution >= 4 is 17.1 Å². The van der Waals surface area contributed by atoms with Crippen LogP contribution in [0, 0.1) is 17.8 Å². The first-order valence-corrected chi connectivity index (χ1v) is 20.9. The van der Waals surface area contributed by atoms with Gasteiger partial charge in [0.05, 0.1) is 11.4 Å². The van der Waals surface area contributed by atoms with Gasteiger partial charge in [0, 0.05) is 22.2 Å². The van der Waals surface area contributed by atoms with E-state index in [0.29, 0.717) is 5.41 Å². The summed E-state index contributed by atoms with van der Waals surface area (Å²) in [5.41, 5.74) is 18.2. The monoisotopic (exact) mass is 723 g/mol. The molecule has 0 unspecified atom stereocenters. The Morgan fingerprint density at radius 1 is 0.411 bits per heavy atom. The first kappa shape index (κ1) is 33.7. The van der Waals surface area contributed by atoms with E-state index in [1.165, 1.54) is 99.8 Å². The summed E-state index contributed by atoms with van der Waals surface area (Å²) in [5, 5.41) is 0. The Labute approximate surface area is 332 Å². The molecule has 1 nitrogen and oxygen atoms in total. The molecule has 0 amide bonds. The van der Waals surface area contributed by atoms with E-state index >= 15 is 0 Å². The van der Waals surface area contributed by atoms with Gasteiger partial charge in [-0.2, -0.15) is 0 Å². The lowest BCUT2D eigenvalue weighted by Crippen LogP contribution is -2.48. The van der Waals surface area contributed by atoms with E-state index < -0.39 is 0 Å². The van der Waals surface area contributed by atoms with E-state index in [4.69, 9.17) is 0 Å². The molecule has 0 spiro atoms. The number of hydrogen-bond acceptors (Lipinski definition) is 1. The van der Waals surface area contributed by atoms with Gasteiger partial charge in [-0.05, 0) is 142 Å². The van der Waals surface area contributed by atoms with E-state index in [1.807, 2.05) is 0 Å². The first-order valence-electron chi connectivity index (χ1n) is 20.9. The van der Waals surface area contributed by atoms with E-state index in [1.54, 1.807) is 5.56 Å². The largest absolute Gasteiger partial charge is 0.309 e. The molecule has 0 heterocycles. The molecule has 4 fully saturated rings. The highest BCUT2D eigenvalue weighted by Gasteiger charge is 2.51. The van der Waals surface area contributed by atoms with Gasteiger partial charge in [-0.15, -0.1) is 0 Å². The van der Waals surface area contributed by atoms with Crippen LogP contribution in [0.15, 0.2) is 170 Å². The molecular weight excluding hydrogens is 675 g/mol. The Morgan fingerprint density at radius 2 is 0.946 bits per heavy atom. The molecule has 0 aromatic heterocycles. The summed E-state index contributed by atoms with van der Waals surface area (Å²) >= 11 is 0. The Kier molecular flexibility index (Phi) is 7.79. The molecule has 7 aromatic rings. The molecule has 56 heavy (non-hydrogen) atoms. The van der Waals surface area contributed by atoms with Gasteiger partial charge in [-0.25, -0.2) is 0 Å². The van der Waals surface area contributed by atoms with Gasteiger partial charge in [0.1, 0.15) is 0 Å². The van der Waals surface area contributed by atoms with Crippen molar-refractivity contribution in [3.8, 4) is 44.5 Å². The van der Waals surface area contributed by atoms with Crippen molar-refractivity contribution in [2.45, 2.75) is 63.2 Å². The molecule has 0 N–H and O–H groups in total. The maximum Gasteiger partial charge on any atom is 0.0540 e. The highest BCUT2D eigenvalue weighted by molar-refractivity contribution is 5.96. The Balaban J connectivity index is 1.07. The summed E-state index contributed by atoms with van der Waals surface area (Å²) < 4.78 is 0. The molecule has 0 radical (unpaired) electrons. The van der Waals surface area contributed by atoms with Gasteiger partial charge >= 0.3 is 0 Å². The third-order valence-electron chi connectivity index (χ3n) is 14.2. The SMILES string of the molecule is CC1(C)c2ccccc2-c2ccc(N(c3ccccc3-c3ccccc3)c3ccc(-c4ccc(C56CC7CC(CC(C7)C5)C6)cc4)cc3-c3ccccc3)cc21. The number of hydrogen-bond donors (Lipinski definition) is 0. The zero-order valence-corrected chi connectivity index (χ0v) is 32.6. The molecule has 0 saturated heterocycles. The van der Waals surface area contributed by atoms with Crippen LogP contribution in [-0.2, 0) is 10.8 Å². The van der Waals surface area contributed by atoms with E-state index in [-0.39, 0.29) is 5.41 Å². The second-order valence-electron chi connectivity index (χ2n) is 18.0. The molecule has 0 aliphatic heterocycles. The van der Waals surface area contributed by atoms with Crippen molar-refractivity contribution in [2.24, 2.45) is 17.8 Å². The maximum atomic E-state index is 2.52.